The molecule has 0 spiro atoms. The van der Waals surface area contributed by atoms with Crippen LogP contribution < -0.4 is 11.3 Å². The Hall–Kier alpha value is -1.00. The summed E-state index contributed by atoms with van der Waals surface area (Å²) in [7, 11) is 0. The number of nitrogens with two attached hydrogens (primary N) is 1. The van der Waals surface area contributed by atoms with Gasteiger partial charge in [-0.3, -0.25) is 11.3 Å². The highest BCUT2D eigenvalue weighted by molar-refractivity contribution is 5.30. The summed E-state index contributed by atoms with van der Waals surface area (Å²) in [5.74, 6) is 5.36. The van der Waals surface area contributed by atoms with Crippen molar-refractivity contribution in [3.63, 3.8) is 0 Å². The summed E-state index contributed by atoms with van der Waals surface area (Å²) in [6.07, 6.45) is 5.42. The molecule has 3 N–H and O–H groups in total. The van der Waals surface area contributed by atoms with E-state index < -0.39 is 17.7 Å². The van der Waals surface area contributed by atoms with Gasteiger partial charge in [0.2, 0.25) is 0 Å². The first-order chi connectivity index (χ1) is 9.60. The summed E-state index contributed by atoms with van der Waals surface area (Å²) in [6, 6.07) is 2.36. The highest BCUT2D eigenvalue weighted by atomic mass is 19.1. The van der Waals surface area contributed by atoms with Crippen molar-refractivity contribution in [3.8, 4) is 0 Å². The van der Waals surface area contributed by atoms with Crippen LogP contribution in [0.25, 0.3) is 0 Å². The summed E-state index contributed by atoms with van der Waals surface area (Å²) in [6.45, 7) is 3.80. The number of hydrazine groups is 1. The lowest BCUT2D eigenvalue weighted by atomic mass is 9.72. The second kappa shape index (κ2) is 6.64. The van der Waals surface area contributed by atoms with Gasteiger partial charge in [0.05, 0.1) is 6.04 Å². The molecule has 20 heavy (non-hydrogen) atoms. The number of aryl methyl sites for hydroxylation is 1. The number of hydrogen-bond acceptors (Lipinski definition) is 2. The van der Waals surface area contributed by atoms with E-state index in [0.717, 1.165) is 25.7 Å². The topological polar surface area (TPSA) is 38.0 Å². The summed E-state index contributed by atoms with van der Waals surface area (Å²) in [5, 5.41) is 0. The van der Waals surface area contributed by atoms with Crippen LogP contribution in [0, 0.1) is 30.4 Å². The molecule has 4 heteroatoms. The van der Waals surface area contributed by atoms with Gasteiger partial charge in [-0.15, -0.1) is 0 Å². The van der Waals surface area contributed by atoms with Crippen LogP contribution in [0.15, 0.2) is 12.1 Å². The van der Waals surface area contributed by atoms with Gasteiger partial charge in [-0.25, -0.2) is 8.78 Å². The molecule has 1 aliphatic carbocycles. The zero-order chi connectivity index (χ0) is 14.7. The second-order valence-electron chi connectivity index (χ2n) is 5.85. The maximum absolute atomic E-state index is 14.4. The fourth-order valence-electron chi connectivity index (χ4n) is 3.57. The van der Waals surface area contributed by atoms with Crippen molar-refractivity contribution in [1.29, 1.82) is 0 Å². The van der Waals surface area contributed by atoms with Gasteiger partial charge < -0.3 is 0 Å². The van der Waals surface area contributed by atoms with Crippen LogP contribution in [0.5, 0.6) is 0 Å². The third-order valence-corrected chi connectivity index (χ3v) is 4.73. The molecule has 1 aromatic carbocycles. The maximum Gasteiger partial charge on any atom is 0.133 e. The molecular weight excluding hydrogens is 258 g/mol. The van der Waals surface area contributed by atoms with E-state index in [2.05, 4.69) is 12.3 Å². The molecule has 0 aromatic heterocycles. The first kappa shape index (κ1) is 15.4. The standard InChI is InChI=1S/C16H24F2N2/c1-3-11-6-4-5-7-12(11)16(20-19)14-13(17)9-8-10(2)15(14)18/h8-9,11-12,16,20H,3-7,19H2,1-2H3. The molecule has 3 atom stereocenters. The van der Waals surface area contributed by atoms with Gasteiger partial charge in [-0.1, -0.05) is 38.7 Å². The summed E-state index contributed by atoms with van der Waals surface area (Å²) < 4.78 is 28.5. The van der Waals surface area contributed by atoms with E-state index in [4.69, 9.17) is 5.84 Å². The Balaban J connectivity index is 2.39. The third kappa shape index (κ3) is 2.86. The van der Waals surface area contributed by atoms with Crippen LogP contribution in [0.4, 0.5) is 8.78 Å². The highest BCUT2D eigenvalue weighted by Gasteiger charge is 2.34. The lowest BCUT2D eigenvalue weighted by Gasteiger charge is -2.37. The molecule has 0 heterocycles. The van der Waals surface area contributed by atoms with Crippen molar-refractivity contribution in [2.24, 2.45) is 17.7 Å². The van der Waals surface area contributed by atoms with Crippen molar-refractivity contribution < 1.29 is 8.78 Å². The van der Waals surface area contributed by atoms with Gasteiger partial charge in [0.1, 0.15) is 11.6 Å². The molecule has 1 saturated carbocycles. The summed E-state index contributed by atoms with van der Waals surface area (Å²) in [5.41, 5.74) is 3.25. The van der Waals surface area contributed by atoms with E-state index in [1.807, 2.05) is 0 Å². The smallest absolute Gasteiger partial charge is 0.133 e. The second-order valence-corrected chi connectivity index (χ2v) is 5.85. The van der Waals surface area contributed by atoms with Crippen LogP contribution in [-0.4, -0.2) is 0 Å². The molecule has 1 aliphatic rings. The normalized spacial score (nSPS) is 24.6. The Kier molecular flexibility index (Phi) is 5.11. The average molecular weight is 282 g/mol. The van der Waals surface area contributed by atoms with E-state index in [1.54, 1.807) is 6.92 Å². The molecule has 1 fully saturated rings. The molecule has 112 valence electrons. The molecule has 0 amide bonds. The molecule has 2 nitrogen and oxygen atoms in total. The van der Waals surface area contributed by atoms with E-state index in [-0.39, 0.29) is 11.5 Å². The van der Waals surface area contributed by atoms with E-state index >= 15 is 0 Å². The predicted octanol–water partition coefficient (Wildman–Crippen LogP) is 3.99. The van der Waals surface area contributed by atoms with Crippen LogP contribution in [0.2, 0.25) is 0 Å². The van der Waals surface area contributed by atoms with Crippen molar-refractivity contribution in [2.75, 3.05) is 0 Å². The van der Waals surface area contributed by atoms with Crippen molar-refractivity contribution in [2.45, 2.75) is 52.0 Å². The zero-order valence-electron chi connectivity index (χ0n) is 12.3. The lowest BCUT2D eigenvalue weighted by Crippen LogP contribution is -2.39. The highest BCUT2D eigenvalue weighted by Crippen LogP contribution is 2.41. The molecular formula is C16H24F2N2. The SMILES string of the molecule is CCC1CCCCC1C(NN)c1c(F)ccc(C)c1F. The Morgan fingerprint density at radius 3 is 2.65 bits per heavy atom. The Morgan fingerprint density at radius 1 is 1.30 bits per heavy atom. The molecule has 0 saturated heterocycles. The molecule has 1 aromatic rings. The van der Waals surface area contributed by atoms with Gasteiger partial charge in [0.25, 0.3) is 0 Å². The van der Waals surface area contributed by atoms with Gasteiger partial charge >= 0.3 is 0 Å². The number of nitrogens with one attached hydrogen (secondary N) is 1. The van der Waals surface area contributed by atoms with Gasteiger partial charge in [0, 0.05) is 5.56 Å². The van der Waals surface area contributed by atoms with Crippen LogP contribution in [0.1, 0.15) is 56.2 Å². The van der Waals surface area contributed by atoms with Gasteiger partial charge in [-0.2, -0.15) is 0 Å². The van der Waals surface area contributed by atoms with Gasteiger partial charge in [0.15, 0.2) is 0 Å². The molecule has 2 rings (SSSR count). The van der Waals surface area contributed by atoms with Gasteiger partial charge in [-0.05, 0) is 36.8 Å². The first-order valence-electron chi connectivity index (χ1n) is 7.50. The lowest BCUT2D eigenvalue weighted by molar-refractivity contribution is 0.171. The summed E-state index contributed by atoms with van der Waals surface area (Å²) in [4.78, 5) is 0. The van der Waals surface area contributed by atoms with Crippen LogP contribution in [-0.2, 0) is 0 Å². The Morgan fingerprint density at radius 2 is 2.00 bits per heavy atom. The summed E-state index contributed by atoms with van der Waals surface area (Å²) >= 11 is 0. The fraction of sp³-hybridized carbons (Fsp3) is 0.625. The van der Waals surface area contributed by atoms with Crippen molar-refractivity contribution >= 4 is 0 Å². The Labute approximate surface area is 119 Å². The van der Waals surface area contributed by atoms with Crippen LogP contribution >= 0.6 is 0 Å². The minimum absolute atomic E-state index is 0.109. The molecule has 0 bridgehead atoms. The molecule has 0 radical (unpaired) electrons. The number of halogens is 2. The van der Waals surface area contributed by atoms with E-state index in [1.165, 1.54) is 18.6 Å². The van der Waals surface area contributed by atoms with E-state index in [0.29, 0.717) is 11.5 Å². The van der Waals surface area contributed by atoms with Crippen molar-refractivity contribution in [1.82, 2.24) is 5.43 Å². The number of rotatable bonds is 4. The Bertz CT molecular complexity index is 462. The number of benzene rings is 1. The molecule has 0 aliphatic heterocycles. The van der Waals surface area contributed by atoms with Crippen molar-refractivity contribution in [3.05, 3.63) is 34.9 Å². The average Bonchev–Trinajstić information content (AvgIpc) is 2.47. The minimum Gasteiger partial charge on any atom is -0.271 e. The predicted molar refractivity (Wildman–Crippen MR) is 76.9 cm³/mol. The minimum atomic E-state index is -0.503. The first-order valence-corrected chi connectivity index (χ1v) is 7.50. The maximum atomic E-state index is 14.4. The molecule has 3 unspecified atom stereocenters. The fourth-order valence-corrected chi connectivity index (χ4v) is 3.57. The zero-order valence-corrected chi connectivity index (χ0v) is 12.3. The number of hydrogen-bond donors (Lipinski definition) is 2. The van der Waals surface area contributed by atoms with Crippen LogP contribution in [0.3, 0.4) is 0 Å². The largest absolute Gasteiger partial charge is 0.271 e. The van der Waals surface area contributed by atoms with E-state index in [9.17, 15) is 8.78 Å². The third-order valence-electron chi connectivity index (χ3n) is 4.73. The quantitative estimate of drug-likeness (QED) is 0.647. The monoisotopic (exact) mass is 282 g/mol.